The second-order valence-corrected chi connectivity index (χ2v) is 7.25. The van der Waals surface area contributed by atoms with E-state index in [1.165, 1.54) is 25.7 Å². The Labute approximate surface area is 141 Å². The van der Waals surface area contributed by atoms with E-state index in [1.54, 1.807) is 0 Å². The topological polar surface area (TPSA) is 64.6 Å². The number of likely N-dealkylation sites (tertiary alicyclic amines) is 1. The van der Waals surface area contributed by atoms with E-state index in [0.717, 1.165) is 44.8 Å². The zero-order valence-corrected chi connectivity index (χ0v) is 14.9. The molecule has 0 aromatic rings. The van der Waals surface area contributed by atoms with Gasteiger partial charge in [0, 0.05) is 31.7 Å². The first kappa shape index (κ1) is 18.5. The van der Waals surface area contributed by atoms with E-state index in [1.807, 2.05) is 0 Å². The van der Waals surface area contributed by atoms with Gasteiger partial charge in [-0.15, -0.1) is 0 Å². The standard InChI is InChI=1S/C18H35N3O2/c1-3-14(4-2)17(22)13-19-18(23)20-15-9-11-21(12-10-15)16-7-5-6-8-16/h14-17,22H,3-13H2,1-2H3,(H2,19,20,23). The smallest absolute Gasteiger partial charge is 0.315 e. The highest BCUT2D eigenvalue weighted by molar-refractivity contribution is 5.74. The van der Waals surface area contributed by atoms with E-state index in [0.29, 0.717) is 6.54 Å². The number of piperidine rings is 1. The Hall–Kier alpha value is -0.810. The quantitative estimate of drug-likeness (QED) is 0.674. The summed E-state index contributed by atoms with van der Waals surface area (Å²) < 4.78 is 0. The average Bonchev–Trinajstić information content (AvgIpc) is 3.09. The zero-order valence-electron chi connectivity index (χ0n) is 14.9. The van der Waals surface area contributed by atoms with Crippen LogP contribution in [-0.4, -0.2) is 53.9 Å². The second kappa shape index (κ2) is 9.48. The molecular weight excluding hydrogens is 290 g/mol. The van der Waals surface area contributed by atoms with Gasteiger partial charge in [0.05, 0.1) is 6.10 Å². The number of carbonyl (C=O) groups excluding carboxylic acids is 1. The highest BCUT2D eigenvalue weighted by atomic mass is 16.3. The van der Waals surface area contributed by atoms with Crippen molar-refractivity contribution in [1.29, 1.82) is 0 Å². The molecule has 2 amide bonds. The van der Waals surface area contributed by atoms with Crippen LogP contribution in [0.15, 0.2) is 0 Å². The van der Waals surface area contributed by atoms with Crippen molar-refractivity contribution in [3.63, 3.8) is 0 Å². The molecule has 0 aromatic heterocycles. The Kier molecular flexibility index (Phi) is 7.63. The predicted octanol–water partition coefficient (Wildman–Crippen LogP) is 2.49. The number of hydrogen-bond acceptors (Lipinski definition) is 3. The van der Waals surface area contributed by atoms with Crippen LogP contribution in [0, 0.1) is 5.92 Å². The van der Waals surface area contributed by atoms with Gasteiger partial charge in [-0.25, -0.2) is 4.79 Å². The van der Waals surface area contributed by atoms with Crippen LogP contribution in [-0.2, 0) is 0 Å². The summed E-state index contributed by atoms with van der Waals surface area (Å²) in [6, 6.07) is 0.937. The van der Waals surface area contributed by atoms with Gasteiger partial charge in [0.25, 0.3) is 0 Å². The third-order valence-electron chi connectivity index (χ3n) is 5.77. The number of rotatable bonds is 7. The molecular formula is C18H35N3O2. The summed E-state index contributed by atoms with van der Waals surface area (Å²) in [5.74, 6) is 0.268. The first-order valence-electron chi connectivity index (χ1n) is 9.60. The molecule has 1 aliphatic carbocycles. The highest BCUT2D eigenvalue weighted by Crippen LogP contribution is 2.26. The Morgan fingerprint density at radius 1 is 1.13 bits per heavy atom. The SMILES string of the molecule is CCC(CC)C(O)CNC(=O)NC1CCN(C2CCCC2)CC1. The minimum Gasteiger partial charge on any atom is -0.391 e. The summed E-state index contributed by atoms with van der Waals surface area (Å²) >= 11 is 0. The Balaban J connectivity index is 1.62. The van der Waals surface area contributed by atoms with Gasteiger partial charge in [-0.05, 0) is 31.6 Å². The van der Waals surface area contributed by atoms with Crippen LogP contribution < -0.4 is 10.6 Å². The van der Waals surface area contributed by atoms with Crippen LogP contribution in [0.3, 0.4) is 0 Å². The monoisotopic (exact) mass is 325 g/mol. The van der Waals surface area contributed by atoms with Crippen molar-refractivity contribution in [2.75, 3.05) is 19.6 Å². The van der Waals surface area contributed by atoms with Gasteiger partial charge >= 0.3 is 6.03 Å². The highest BCUT2D eigenvalue weighted by Gasteiger charge is 2.27. The molecule has 5 nitrogen and oxygen atoms in total. The molecule has 2 fully saturated rings. The fourth-order valence-corrected chi connectivity index (χ4v) is 4.11. The van der Waals surface area contributed by atoms with Crippen molar-refractivity contribution < 1.29 is 9.90 Å². The molecule has 1 aliphatic heterocycles. The number of aliphatic hydroxyl groups excluding tert-OH is 1. The molecule has 5 heteroatoms. The number of amides is 2. The summed E-state index contributed by atoms with van der Waals surface area (Å²) in [6.45, 7) is 6.71. The van der Waals surface area contributed by atoms with E-state index < -0.39 is 6.10 Å². The lowest BCUT2D eigenvalue weighted by Gasteiger charge is -2.36. The minimum absolute atomic E-state index is 0.130. The normalized spacial score (nSPS) is 22.4. The molecule has 0 spiro atoms. The summed E-state index contributed by atoms with van der Waals surface area (Å²) in [5.41, 5.74) is 0. The van der Waals surface area contributed by atoms with Gasteiger partial charge in [-0.1, -0.05) is 39.5 Å². The van der Waals surface area contributed by atoms with Crippen LogP contribution in [0.25, 0.3) is 0 Å². The molecule has 3 N–H and O–H groups in total. The van der Waals surface area contributed by atoms with E-state index >= 15 is 0 Å². The average molecular weight is 325 g/mol. The van der Waals surface area contributed by atoms with Gasteiger partial charge in [-0.2, -0.15) is 0 Å². The van der Waals surface area contributed by atoms with Crippen LogP contribution >= 0.6 is 0 Å². The van der Waals surface area contributed by atoms with Crippen molar-refractivity contribution in [3.05, 3.63) is 0 Å². The third kappa shape index (κ3) is 5.64. The van der Waals surface area contributed by atoms with E-state index in [9.17, 15) is 9.90 Å². The summed E-state index contributed by atoms with van der Waals surface area (Å²) in [6.07, 6.45) is 8.99. The lowest BCUT2D eigenvalue weighted by atomic mass is 9.97. The lowest BCUT2D eigenvalue weighted by Crippen LogP contribution is -2.50. The number of nitrogens with zero attached hydrogens (tertiary/aromatic N) is 1. The molecule has 134 valence electrons. The van der Waals surface area contributed by atoms with Gasteiger partial charge in [0.15, 0.2) is 0 Å². The maximum Gasteiger partial charge on any atom is 0.315 e. The molecule has 0 bridgehead atoms. The molecule has 1 atom stereocenters. The summed E-state index contributed by atoms with van der Waals surface area (Å²) in [7, 11) is 0. The van der Waals surface area contributed by atoms with Crippen molar-refractivity contribution in [3.8, 4) is 0 Å². The first-order valence-corrected chi connectivity index (χ1v) is 9.60. The molecule has 1 heterocycles. The summed E-state index contributed by atoms with van der Waals surface area (Å²) in [4.78, 5) is 14.6. The van der Waals surface area contributed by atoms with Crippen LogP contribution in [0.5, 0.6) is 0 Å². The molecule has 2 aliphatic rings. The van der Waals surface area contributed by atoms with Crippen molar-refractivity contribution >= 4 is 6.03 Å². The first-order chi connectivity index (χ1) is 11.1. The molecule has 1 saturated heterocycles. The number of nitrogens with one attached hydrogen (secondary N) is 2. The molecule has 1 unspecified atom stereocenters. The molecule has 0 radical (unpaired) electrons. The van der Waals surface area contributed by atoms with Crippen LogP contribution in [0.4, 0.5) is 4.79 Å². The van der Waals surface area contributed by atoms with Crippen LogP contribution in [0.2, 0.25) is 0 Å². The lowest BCUT2D eigenvalue weighted by molar-refractivity contribution is 0.102. The fourth-order valence-electron chi connectivity index (χ4n) is 4.11. The molecule has 0 aromatic carbocycles. The van der Waals surface area contributed by atoms with Crippen LogP contribution in [0.1, 0.15) is 65.2 Å². The number of aliphatic hydroxyl groups is 1. The van der Waals surface area contributed by atoms with Crippen molar-refractivity contribution in [1.82, 2.24) is 15.5 Å². The Morgan fingerprint density at radius 3 is 2.30 bits per heavy atom. The van der Waals surface area contributed by atoms with Gasteiger partial charge < -0.3 is 20.6 Å². The molecule has 23 heavy (non-hydrogen) atoms. The van der Waals surface area contributed by atoms with Crippen molar-refractivity contribution in [2.24, 2.45) is 5.92 Å². The van der Waals surface area contributed by atoms with Crippen molar-refractivity contribution in [2.45, 2.75) is 83.4 Å². The number of hydrogen-bond donors (Lipinski definition) is 3. The predicted molar refractivity (Wildman–Crippen MR) is 93.5 cm³/mol. The minimum atomic E-state index is -0.444. The Morgan fingerprint density at radius 2 is 1.74 bits per heavy atom. The van der Waals surface area contributed by atoms with Gasteiger partial charge in [0.1, 0.15) is 0 Å². The third-order valence-corrected chi connectivity index (χ3v) is 5.77. The number of urea groups is 1. The largest absolute Gasteiger partial charge is 0.391 e. The van der Waals surface area contributed by atoms with E-state index in [4.69, 9.17) is 0 Å². The second-order valence-electron chi connectivity index (χ2n) is 7.25. The van der Waals surface area contributed by atoms with Gasteiger partial charge in [-0.3, -0.25) is 0 Å². The number of carbonyl (C=O) groups is 1. The maximum absolute atomic E-state index is 12.0. The maximum atomic E-state index is 12.0. The van der Waals surface area contributed by atoms with E-state index in [-0.39, 0.29) is 18.0 Å². The zero-order chi connectivity index (χ0) is 16.7. The molecule has 1 saturated carbocycles. The molecule has 2 rings (SSSR count). The fraction of sp³-hybridized carbons (Fsp3) is 0.944. The van der Waals surface area contributed by atoms with E-state index in [2.05, 4.69) is 29.4 Å². The Bertz CT molecular complexity index is 346. The van der Waals surface area contributed by atoms with Gasteiger partial charge in [0.2, 0.25) is 0 Å². The summed E-state index contributed by atoms with van der Waals surface area (Å²) in [5, 5.41) is 16.0.